The average Bonchev–Trinajstić information content (AvgIpc) is 3.37. The smallest absolute Gasteiger partial charge is 0.199 e. The fourth-order valence-electron chi connectivity index (χ4n) is 8.17. The molecule has 11 rings (SSSR count). The molecule has 1 fully saturated rings. The predicted molar refractivity (Wildman–Crippen MR) is 184 cm³/mol. The normalized spacial score (nSPS) is 19.4. The summed E-state index contributed by atoms with van der Waals surface area (Å²) in [6.07, 6.45) is 2.46. The van der Waals surface area contributed by atoms with Crippen molar-refractivity contribution in [2.75, 3.05) is 0 Å². The minimum Gasteiger partial charge on any atom is -0.318 e. The molecule has 0 amide bonds. The van der Waals surface area contributed by atoms with Crippen LogP contribution in [0, 0.1) is 0 Å². The number of fused-ring (bicyclic) bond motifs is 10. The maximum absolute atomic E-state index is 2.55. The quantitative estimate of drug-likeness (QED) is 0.195. The lowest BCUT2D eigenvalue weighted by molar-refractivity contribution is 0.291. The Balaban J connectivity index is 1.23. The van der Waals surface area contributed by atoms with Crippen LogP contribution in [0.1, 0.15) is 12.5 Å². The molecule has 0 N–H and O–H groups in total. The molecule has 3 atom stereocenters. The molecule has 0 bridgehead atoms. The largest absolute Gasteiger partial charge is 0.318 e. The Morgan fingerprint density at radius 2 is 0.689 bits per heavy atom. The Kier molecular flexibility index (Phi) is 4.43. The molecule has 3 unspecified atom stereocenters. The van der Waals surface area contributed by atoms with Crippen LogP contribution in [-0.2, 0) is 0 Å². The molecule has 0 aliphatic carbocycles. The molecule has 1 saturated heterocycles. The summed E-state index contributed by atoms with van der Waals surface area (Å²) in [7, 11) is 0. The molecule has 212 valence electrons. The van der Waals surface area contributed by atoms with Crippen LogP contribution in [0.4, 0.5) is 0 Å². The van der Waals surface area contributed by atoms with E-state index in [-0.39, 0.29) is 12.5 Å². The van der Waals surface area contributed by atoms with E-state index in [2.05, 4.69) is 175 Å². The lowest BCUT2D eigenvalue weighted by Gasteiger charge is -2.18. The maximum Gasteiger partial charge on any atom is 0.199 e. The number of hydrazine groups is 1. The first-order chi connectivity index (χ1) is 22.4. The Labute approximate surface area is 258 Å². The first-order valence-corrected chi connectivity index (χ1v) is 15.6. The summed E-state index contributed by atoms with van der Waals surface area (Å²) in [4.78, 5) is 0. The van der Waals surface area contributed by atoms with Crippen LogP contribution >= 0.6 is 0 Å². The van der Waals surface area contributed by atoms with Gasteiger partial charge in [-0.15, -0.1) is 5.01 Å². The Hall–Kier alpha value is -5.78. The summed E-state index contributed by atoms with van der Waals surface area (Å²) in [5.41, 5.74) is 7.44. The third-order valence-electron chi connectivity index (χ3n) is 9.99. The van der Waals surface area contributed by atoms with Crippen molar-refractivity contribution in [1.29, 1.82) is 0 Å². The third-order valence-corrected chi connectivity index (χ3v) is 9.99. The van der Waals surface area contributed by atoms with Crippen molar-refractivity contribution >= 4 is 71.2 Å². The second-order valence-electron chi connectivity index (χ2n) is 12.2. The summed E-state index contributed by atoms with van der Waals surface area (Å²) < 4.78 is 7.54. The van der Waals surface area contributed by atoms with E-state index in [1.54, 1.807) is 0 Å². The van der Waals surface area contributed by atoms with Gasteiger partial charge in [-0.2, -0.15) is 0 Å². The molecule has 9 aromatic rings. The highest BCUT2D eigenvalue weighted by atomic mass is 16.0. The first kappa shape index (κ1) is 23.6. The Morgan fingerprint density at radius 3 is 1.11 bits per heavy atom. The molecule has 45 heavy (non-hydrogen) atoms. The standard InChI is InChI=1S/C40H27N5/c1-7-19-32-26(13-1)27-14-2-8-20-33(27)41(32)38-25-39(42-34-21-9-3-15-28(34)29-16-4-10-22-35(29)42)45-40(44(38)45)43-36-23-11-5-17-30(36)31-18-6-12-24-37(31)43/h1-25,38,40H. The van der Waals surface area contributed by atoms with Gasteiger partial charge in [-0.25, -0.2) is 5.01 Å². The van der Waals surface area contributed by atoms with Crippen LogP contribution < -0.4 is 0 Å². The summed E-state index contributed by atoms with van der Waals surface area (Å²) in [6, 6.07) is 53.0. The van der Waals surface area contributed by atoms with Crippen molar-refractivity contribution in [3.05, 3.63) is 152 Å². The predicted octanol–water partition coefficient (Wildman–Crippen LogP) is 9.71. The molecule has 0 saturated carbocycles. The summed E-state index contributed by atoms with van der Waals surface area (Å²) >= 11 is 0. The molecular weight excluding hydrogens is 550 g/mol. The summed E-state index contributed by atoms with van der Waals surface area (Å²) in [6.45, 7) is 0. The van der Waals surface area contributed by atoms with Gasteiger partial charge in [0.05, 0.1) is 33.1 Å². The zero-order chi connectivity index (χ0) is 29.2. The van der Waals surface area contributed by atoms with E-state index < -0.39 is 0 Å². The van der Waals surface area contributed by atoms with Crippen molar-refractivity contribution in [2.45, 2.75) is 12.5 Å². The lowest BCUT2D eigenvalue weighted by Crippen LogP contribution is -2.16. The van der Waals surface area contributed by atoms with Gasteiger partial charge in [0, 0.05) is 32.3 Å². The highest BCUT2D eigenvalue weighted by Gasteiger charge is 2.58. The number of benzene rings is 6. The van der Waals surface area contributed by atoms with Crippen molar-refractivity contribution in [3.63, 3.8) is 0 Å². The number of hydrogen-bond donors (Lipinski definition) is 0. The molecule has 5 heteroatoms. The molecule has 5 nitrogen and oxygen atoms in total. The van der Waals surface area contributed by atoms with E-state index in [0.29, 0.717) is 0 Å². The van der Waals surface area contributed by atoms with Gasteiger partial charge in [-0.3, -0.25) is 4.57 Å². The van der Waals surface area contributed by atoms with Crippen molar-refractivity contribution in [1.82, 2.24) is 23.7 Å². The van der Waals surface area contributed by atoms with E-state index >= 15 is 0 Å². The minimum atomic E-state index is -0.0188. The van der Waals surface area contributed by atoms with Crippen LogP contribution in [-0.4, -0.2) is 23.7 Å². The van der Waals surface area contributed by atoms with Gasteiger partial charge in [-0.1, -0.05) is 109 Å². The zero-order valence-electron chi connectivity index (χ0n) is 24.3. The van der Waals surface area contributed by atoms with Gasteiger partial charge >= 0.3 is 0 Å². The highest BCUT2D eigenvalue weighted by molar-refractivity contribution is 6.11. The summed E-state index contributed by atoms with van der Waals surface area (Å²) in [5, 5.41) is 12.8. The number of para-hydroxylation sites is 6. The average molecular weight is 578 g/mol. The van der Waals surface area contributed by atoms with Gasteiger partial charge < -0.3 is 9.13 Å². The van der Waals surface area contributed by atoms with Crippen LogP contribution in [0.15, 0.2) is 152 Å². The molecule has 5 heterocycles. The summed E-state index contributed by atoms with van der Waals surface area (Å²) in [5.74, 6) is 1.19. The van der Waals surface area contributed by atoms with Crippen molar-refractivity contribution in [2.24, 2.45) is 0 Å². The molecule has 0 radical (unpaired) electrons. The number of aromatic nitrogens is 3. The third kappa shape index (κ3) is 2.96. The number of rotatable bonds is 3. The van der Waals surface area contributed by atoms with Crippen molar-refractivity contribution in [3.8, 4) is 0 Å². The SMILES string of the molecule is C1=C(n2c3ccccc3c3ccccc32)N2C(n3c4ccccc4c4ccccc43)N2C1n1c2ccccc2c2ccccc21. The molecule has 2 aliphatic heterocycles. The Bertz CT molecular complexity index is 2540. The van der Waals surface area contributed by atoms with Crippen LogP contribution in [0.5, 0.6) is 0 Å². The van der Waals surface area contributed by atoms with E-state index in [4.69, 9.17) is 0 Å². The maximum atomic E-state index is 2.55. The zero-order valence-corrected chi connectivity index (χ0v) is 24.3. The molecule has 3 aromatic heterocycles. The highest BCUT2D eigenvalue weighted by Crippen LogP contribution is 2.57. The fourth-order valence-corrected chi connectivity index (χ4v) is 8.17. The van der Waals surface area contributed by atoms with E-state index in [1.807, 2.05) is 0 Å². The van der Waals surface area contributed by atoms with Crippen LogP contribution in [0.2, 0.25) is 0 Å². The minimum absolute atomic E-state index is 0.0136. The Morgan fingerprint density at radius 1 is 0.356 bits per heavy atom. The number of nitrogens with zero attached hydrogens (tertiary/aromatic N) is 5. The van der Waals surface area contributed by atoms with Gasteiger partial charge in [0.15, 0.2) is 6.29 Å². The monoisotopic (exact) mass is 577 g/mol. The number of hydrogen-bond acceptors (Lipinski definition) is 2. The topological polar surface area (TPSA) is 20.8 Å². The fraction of sp³-hybridized carbons (Fsp3) is 0.0500. The first-order valence-electron chi connectivity index (χ1n) is 15.6. The second-order valence-corrected chi connectivity index (χ2v) is 12.2. The molecular formula is C40H27N5. The van der Waals surface area contributed by atoms with E-state index in [9.17, 15) is 0 Å². The van der Waals surface area contributed by atoms with Crippen LogP contribution in [0.3, 0.4) is 0 Å². The molecule has 0 spiro atoms. The van der Waals surface area contributed by atoms with Gasteiger partial charge in [0.2, 0.25) is 0 Å². The van der Waals surface area contributed by atoms with Gasteiger partial charge in [-0.05, 0) is 42.5 Å². The van der Waals surface area contributed by atoms with E-state index in [0.717, 1.165) is 0 Å². The van der Waals surface area contributed by atoms with Crippen LogP contribution in [0.25, 0.3) is 71.2 Å². The second kappa shape index (κ2) is 8.44. The van der Waals surface area contributed by atoms with Crippen molar-refractivity contribution < 1.29 is 0 Å². The molecule has 6 aromatic carbocycles. The molecule has 2 aliphatic rings. The lowest BCUT2D eigenvalue weighted by atomic mass is 10.2. The van der Waals surface area contributed by atoms with Gasteiger partial charge in [0.1, 0.15) is 12.0 Å². The van der Waals surface area contributed by atoms with E-state index in [1.165, 1.54) is 71.2 Å². The van der Waals surface area contributed by atoms with Gasteiger partial charge in [0.25, 0.3) is 0 Å².